The zero-order chi connectivity index (χ0) is 7.15. The van der Waals surface area contributed by atoms with Crippen LogP contribution < -0.4 is 0 Å². The van der Waals surface area contributed by atoms with Gasteiger partial charge < -0.3 is 10.6 Å². The molecule has 0 aromatic carbocycles. The SMILES string of the molecule is CC(C)O.O.O=S(O)O. The fourth-order valence-corrected chi connectivity index (χ4v) is 0. The van der Waals surface area contributed by atoms with Crippen molar-refractivity contribution in [3.8, 4) is 0 Å². The third kappa shape index (κ3) is 2870000. The van der Waals surface area contributed by atoms with E-state index in [0.29, 0.717) is 0 Å². The molecule has 9 heavy (non-hydrogen) atoms. The van der Waals surface area contributed by atoms with Gasteiger partial charge >= 0.3 is 0 Å². The van der Waals surface area contributed by atoms with Crippen molar-refractivity contribution in [1.82, 2.24) is 0 Å². The summed E-state index contributed by atoms with van der Waals surface area (Å²) in [7, 11) is 0. The topological polar surface area (TPSA) is 109 Å². The second-order valence-corrected chi connectivity index (χ2v) is 1.79. The molecule has 0 unspecified atom stereocenters. The lowest BCUT2D eigenvalue weighted by Crippen LogP contribution is -1.85. The molecule has 5 N–H and O–H groups in total. The molecule has 6 heteroatoms. The van der Waals surface area contributed by atoms with E-state index in [1.54, 1.807) is 13.8 Å². The van der Waals surface area contributed by atoms with E-state index in [2.05, 4.69) is 0 Å². The van der Waals surface area contributed by atoms with Gasteiger partial charge in [-0.2, -0.15) is 4.21 Å². The fraction of sp³-hybridized carbons (Fsp3) is 1.00. The van der Waals surface area contributed by atoms with E-state index in [-0.39, 0.29) is 11.6 Å². The Hall–Kier alpha value is -0.0100. The van der Waals surface area contributed by atoms with E-state index in [1.165, 1.54) is 0 Å². The van der Waals surface area contributed by atoms with E-state index in [0.717, 1.165) is 0 Å². The van der Waals surface area contributed by atoms with Gasteiger partial charge in [0.05, 0.1) is 0 Å². The van der Waals surface area contributed by atoms with Crippen LogP contribution in [0.15, 0.2) is 0 Å². The predicted molar refractivity (Wildman–Crippen MR) is 34.4 cm³/mol. The minimum Gasteiger partial charge on any atom is -0.412 e. The third-order valence-electron chi connectivity index (χ3n) is 0. The van der Waals surface area contributed by atoms with Gasteiger partial charge in [-0.3, -0.25) is 9.11 Å². The van der Waals surface area contributed by atoms with Gasteiger partial charge in [-0.25, -0.2) is 0 Å². The quantitative estimate of drug-likeness (QED) is 0.405. The molecule has 0 spiro atoms. The van der Waals surface area contributed by atoms with Crippen molar-refractivity contribution < 1.29 is 23.9 Å². The lowest BCUT2D eigenvalue weighted by atomic mass is 10.5. The van der Waals surface area contributed by atoms with Crippen molar-refractivity contribution in [3.05, 3.63) is 0 Å². The maximum Gasteiger partial charge on any atom is 0.299 e. The molecular weight excluding hydrogens is 148 g/mol. The molecule has 0 aromatic rings. The number of aliphatic hydroxyl groups is 1. The van der Waals surface area contributed by atoms with Crippen LogP contribution in [0.4, 0.5) is 0 Å². The van der Waals surface area contributed by atoms with E-state index in [1.807, 2.05) is 0 Å². The Morgan fingerprint density at radius 2 is 1.33 bits per heavy atom. The first kappa shape index (κ1) is 16.0. The van der Waals surface area contributed by atoms with Crippen LogP contribution in [0.3, 0.4) is 0 Å². The molecule has 0 amide bonds. The summed E-state index contributed by atoms with van der Waals surface area (Å²) in [5.74, 6) is 0. The maximum absolute atomic E-state index is 8.67. The Bertz CT molecular complexity index is 56.5. The van der Waals surface area contributed by atoms with Crippen LogP contribution in [-0.4, -0.2) is 30.0 Å². The zero-order valence-electron chi connectivity index (χ0n) is 5.24. The molecule has 0 bridgehead atoms. The Kier molecular flexibility index (Phi) is 19.3. The van der Waals surface area contributed by atoms with Crippen molar-refractivity contribution >= 4 is 11.4 Å². The van der Waals surface area contributed by atoms with Crippen LogP contribution in [0.5, 0.6) is 0 Å². The minimum atomic E-state index is -2.61. The number of aliphatic hydroxyl groups excluding tert-OH is 1. The van der Waals surface area contributed by atoms with Crippen LogP contribution in [-0.2, 0) is 11.4 Å². The summed E-state index contributed by atoms with van der Waals surface area (Å²) in [5, 5.41) is 8.06. The van der Waals surface area contributed by atoms with Crippen LogP contribution in [0.1, 0.15) is 13.8 Å². The average Bonchev–Trinajstić information content (AvgIpc) is 1.25. The number of hydrogen-bond donors (Lipinski definition) is 3. The van der Waals surface area contributed by atoms with Gasteiger partial charge in [0, 0.05) is 6.10 Å². The molecule has 0 heterocycles. The number of hydrogen-bond acceptors (Lipinski definition) is 2. The van der Waals surface area contributed by atoms with Gasteiger partial charge in [0.15, 0.2) is 0 Å². The first-order chi connectivity index (χ1) is 3.46. The van der Waals surface area contributed by atoms with Crippen molar-refractivity contribution in [2.75, 3.05) is 0 Å². The summed E-state index contributed by atoms with van der Waals surface area (Å²) >= 11 is -2.61. The molecule has 0 rings (SSSR count). The van der Waals surface area contributed by atoms with Crippen molar-refractivity contribution in [2.24, 2.45) is 0 Å². The summed E-state index contributed by atoms with van der Waals surface area (Å²) in [6.45, 7) is 3.44. The highest BCUT2D eigenvalue weighted by Gasteiger charge is 1.69. The van der Waals surface area contributed by atoms with E-state index >= 15 is 0 Å². The van der Waals surface area contributed by atoms with E-state index < -0.39 is 11.4 Å². The van der Waals surface area contributed by atoms with E-state index in [9.17, 15) is 0 Å². The fourth-order valence-electron chi connectivity index (χ4n) is 0. The van der Waals surface area contributed by atoms with E-state index in [4.69, 9.17) is 18.4 Å². The minimum absolute atomic E-state index is 0. The molecule has 0 aliphatic heterocycles. The summed E-state index contributed by atoms with van der Waals surface area (Å²) in [5.41, 5.74) is 0. The smallest absolute Gasteiger partial charge is 0.299 e. The molecule has 0 saturated carbocycles. The summed E-state index contributed by atoms with van der Waals surface area (Å²) in [6, 6.07) is 0. The van der Waals surface area contributed by atoms with Crippen LogP contribution >= 0.6 is 0 Å². The third-order valence-corrected chi connectivity index (χ3v) is 0. The molecule has 0 saturated heterocycles. The maximum atomic E-state index is 8.67. The van der Waals surface area contributed by atoms with Gasteiger partial charge in [-0.1, -0.05) is 0 Å². The molecule has 0 fully saturated rings. The lowest BCUT2D eigenvalue weighted by molar-refractivity contribution is 0.216. The molecule has 60 valence electrons. The second-order valence-electron chi connectivity index (χ2n) is 1.32. The van der Waals surface area contributed by atoms with Gasteiger partial charge in [0.25, 0.3) is 11.4 Å². The highest BCUT2D eigenvalue weighted by molar-refractivity contribution is 7.73. The molecule has 0 aliphatic carbocycles. The van der Waals surface area contributed by atoms with Gasteiger partial charge in [0.2, 0.25) is 0 Å². The van der Waals surface area contributed by atoms with Crippen molar-refractivity contribution in [2.45, 2.75) is 20.0 Å². The van der Waals surface area contributed by atoms with Crippen molar-refractivity contribution in [3.63, 3.8) is 0 Å². The average molecular weight is 160 g/mol. The first-order valence-corrected chi connectivity index (χ1v) is 3.01. The molecule has 0 aromatic heterocycles. The van der Waals surface area contributed by atoms with Crippen molar-refractivity contribution in [1.29, 1.82) is 0 Å². The normalized spacial score (nSPS) is 7.89. The Morgan fingerprint density at radius 3 is 1.33 bits per heavy atom. The Balaban J connectivity index is -0.0000000720. The number of rotatable bonds is 0. The summed E-state index contributed by atoms with van der Waals surface area (Å²) < 4.78 is 22.8. The Morgan fingerprint density at radius 1 is 1.33 bits per heavy atom. The highest BCUT2D eigenvalue weighted by Crippen LogP contribution is 1.65. The highest BCUT2D eigenvalue weighted by atomic mass is 32.2. The second kappa shape index (κ2) is 10.9. The largest absolute Gasteiger partial charge is 0.412 e. The molecule has 0 aliphatic rings. The zero-order valence-corrected chi connectivity index (χ0v) is 6.05. The van der Waals surface area contributed by atoms with Crippen LogP contribution in [0.2, 0.25) is 0 Å². The molecule has 5 nitrogen and oxygen atoms in total. The first-order valence-electron chi connectivity index (χ1n) is 1.94. The summed E-state index contributed by atoms with van der Waals surface area (Å²) in [6.07, 6.45) is -0.167. The standard InChI is InChI=1S/C3H8O.H2O3S.H2O/c1-3(2)4;1-4(2)3;/h3-4H,1-2H3;(H2,1,2,3);1H2. The van der Waals surface area contributed by atoms with Crippen LogP contribution in [0, 0.1) is 0 Å². The Labute approximate surface area is 56.1 Å². The summed E-state index contributed by atoms with van der Waals surface area (Å²) in [4.78, 5) is 0. The van der Waals surface area contributed by atoms with Gasteiger partial charge in [-0.05, 0) is 13.8 Å². The predicted octanol–water partition coefficient (Wildman–Crippen LogP) is -0.756. The van der Waals surface area contributed by atoms with Crippen LogP contribution in [0.25, 0.3) is 0 Å². The van der Waals surface area contributed by atoms with Gasteiger partial charge in [0.1, 0.15) is 0 Å². The lowest BCUT2D eigenvalue weighted by Gasteiger charge is -1.80. The molecular formula is C3H12O5S. The van der Waals surface area contributed by atoms with Gasteiger partial charge in [-0.15, -0.1) is 0 Å². The molecule has 0 atom stereocenters. The molecule has 0 radical (unpaired) electrons. The monoisotopic (exact) mass is 160 g/mol.